The first-order chi connectivity index (χ1) is 14.5. The van der Waals surface area contributed by atoms with Crippen LogP contribution in [0.25, 0.3) is 0 Å². The Morgan fingerprint density at radius 1 is 1.20 bits per heavy atom. The molecule has 0 aliphatic carbocycles. The lowest BCUT2D eigenvalue weighted by molar-refractivity contribution is 0.0996. The molecule has 1 aliphatic heterocycles. The molecule has 5 nitrogen and oxygen atoms in total. The van der Waals surface area contributed by atoms with Gasteiger partial charge in [0.15, 0.2) is 5.76 Å². The molecule has 7 heteroatoms. The second-order valence-electron chi connectivity index (χ2n) is 7.58. The highest BCUT2D eigenvalue weighted by molar-refractivity contribution is 9.10. The number of hydrogen-bond donors (Lipinski definition) is 1. The average molecular weight is 488 g/mol. The number of thiophene rings is 1. The molecule has 0 bridgehead atoms. The second kappa shape index (κ2) is 9.47. The number of amides is 1. The number of hydrogen-bond acceptors (Lipinski definition) is 5. The lowest BCUT2D eigenvalue weighted by Gasteiger charge is -2.38. The van der Waals surface area contributed by atoms with E-state index in [0.29, 0.717) is 5.76 Å². The molecule has 30 heavy (non-hydrogen) atoms. The SMILES string of the molecule is CCc1cc([C@H](c2ccc(Br)cc2)N2CCN(C)CC2)c(NC(=O)c2ccco2)s1. The van der Waals surface area contributed by atoms with Crippen LogP contribution in [-0.2, 0) is 6.42 Å². The number of carbonyl (C=O) groups is 1. The van der Waals surface area contributed by atoms with E-state index in [-0.39, 0.29) is 11.9 Å². The zero-order valence-corrected chi connectivity index (χ0v) is 19.6. The highest BCUT2D eigenvalue weighted by Gasteiger charge is 2.29. The van der Waals surface area contributed by atoms with Crippen molar-refractivity contribution in [2.75, 3.05) is 38.5 Å². The van der Waals surface area contributed by atoms with E-state index in [9.17, 15) is 4.79 Å². The number of nitrogens with zero attached hydrogens (tertiary/aromatic N) is 2. The molecule has 158 valence electrons. The van der Waals surface area contributed by atoms with Gasteiger partial charge in [-0.3, -0.25) is 9.69 Å². The maximum atomic E-state index is 12.7. The maximum absolute atomic E-state index is 12.7. The third-order valence-corrected chi connectivity index (χ3v) is 7.25. The first kappa shape index (κ1) is 21.3. The van der Waals surface area contributed by atoms with Crippen LogP contribution in [0.1, 0.15) is 39.5 Å². The molecule has 1 N–H and O–H groups in total. The highest BCUT2D eigenvalue weighted by atomic mass is 79.9. The molecule has 2 aromatic heterocycles. The molecule has 4 rings (SSSR count). The molecule has 1 saturated heterocycles. The van der Waals surface area contributed by atoms with Crippen molar-refractivity contribution in [1.29, 1.82) is 0 Å². The molecule has 3 heterocycles. The Morgan fingerprint density at radius 3 is 2.57 bits per heavy atom. The lowest BCUT2D eigenvalue weighted by atomic mass is 9.97. The zero-order valence-electron chi connectivity index (χ0n) is 17.2. The first-order valence-electron chi connectivity index (χ1n) is 10.2. The molecule has 0 saturated carbocycles. The van der Waals surface area contributed by atoms with Gasteiger partial charge in [0.05, 0.1) is 12.3 Å². The molecular weight excluding hydrogens is 462 g/mol. The van der Waals surface area contributed by atoms with E-state index in [1.54, 1.807) is 23.5 Å². The molecule has 0 radical (unpaired) electrons. The molecule has 1 atom stereocenters. The van der Waals surface area contributed by atoms with E-state index in [4.69, 9.17) is 4.42 Å². The van der Waals surface area contributed by atoms with Crippen LogP contribution < -0.4 is 5.32 Å². The van der Waals surface area contributed by atoms with Crippen LogP contribution in [0.5, 0.6) is 0 Å². The van der Waals surface area contributed by atoms with Gasteiger partial charge in [-0.2, -0.15) is 0 Å². The van der Waals surface area contributed by atoms with Crippen molar-refractivity contribution < 1.29 is 9.21 Å². The van der Waals surface area contributed by atoms with Gasteiger partial charge in [0.2, 0.25) is 0 Å². The van der Waals surface area contributed by atoms with Crippen LogP contribution in [0.2, 0.25) is 0 Å². The molecule has 0 unspecified atom stereocenters. The zero-order chi connectivity index (χ0) is 21.1. The van der Waals surface area contributed by atoms with Crippen LogP contribution in [0, 0.1) is 0 Å². The van der Waals surface area contributed by atoms with Gasteiger partial charge in [0, 0.05) is 41.1 Å². The normalized spacial score (nSPS) is 16.5. The Balaban J connectivity index is 1.72. The van der Waals surface area contributed by atoms with Gasteiger partial charge in [-0.15, -0.1) is 11.3 Å². The number of nitrogens with one attached hydrogen (secondary N) is 1. The number of furan rings is 1. The molecule has 1 amide bonds. The van der Waals surface area contributed by atoms with E-state index in [0.717, 1.165) is 47.6 Å². The van der Waals surface area contributed by atoms with Gasteiger partial charge in [-0.1, -0.05) is 35.0 Å². The van der Waals surface area contributed by atoms with Gasteiger partial charge in [-0.25, -0.2) is 0 Å². The molecule has 1 aliphatic rings. The quantitative estimate of drug-likeness (QED) is 0.515. The molecular formula is C23H26BrN3O2S. The van der Waals surface area contributed by atoms with Gasteiger partial charge >= 0.3 is 0 Å². The number of anilines is 1. The predicted molar refractivity (Wildman–Crippen MR) is 125 cm³/mol. The third kappa shape index (κ3) is 4.70. The fourth-order valence-electron chi connectivity index (χ4n) is 3.82. The van der Waals surface area contributed by atoms with Gasteiger partial charge in [0.25, 0.3) is 5.91 Å². The van der Waals surface area contributed by atoms with Crippen molar-refractivity contribution >= 4 is 38.2 Å². The van der Waals surface area contributed by atoms with E-state index in [1.807, 2.05) is 0 Å². The summed E-state index contributed by atoms with van der Waals surface area (Å²) in [4.78, 5) is 18.9. The fourth-order valence-corrected chi connectivity index (χ4v) is 5.11. The minimum Gasteiger partial charge on any atom is -0.459 e. The molecule has 3 aromatic rings. The summed E-state index contributed by atoms with van der Waals surface area (Å²) in [6.45, 7) is 6.19. The summed E-state index contributed by atoms with van der Waals surface area (Å²) in [6.07, 6.45) is 2.46. The monoisotopic (exact) mass is 487 g/mol. The topological polar surface area (TPSA) is 48.7 Å². The summed E-state index contributed by atoms with van der Waals surface area (Å²) in [5.41, 5.74) is 2.39. The number of rotatable bonds is 6. The number of aryl methyl sites for hydroxylation is 1. The summed E-state index contributed by atoms with van der Waals surface area (Å²) >= 11 is 5.21. The van der Waals surface area contributed by atoms with Gasteiger partial charge < -0.3 is 14.6 Å². The van der Waals surface area contributed by atoms with Crippen LogP contribution in [0.3, 0.4) is 0 Å². The number of piperazine rings is 1. The predicted octanol–water partition coefficient (Wildman–Crippen LogP) is 5.26. The molecule has 1 aromatic carbocycles. The summed E-state index contributed by atoms with van der Waals surface area (Å²) in [5.74, 6) is 0.117. The number of likely N-dealkylation sites (N-methyl/N-ethyl adjacent to an activating group) is 1. The molecule has 1 fully saturated rings. The van der Waals surface area contributed by atoms with E-state index in [1.165, 1.54) is 16.7 Å². The van der Waals surface area contributed by atoms with E-state index < -0.39 is 0 Å². The van der Waals surface area contributed by atoms with E-state index >= 15 is 0 Å². The Morgan fingerprint density at radius 2 is 1.93 bits per heavy atom. The number of benzene rings is 1. The van der Waals surface area contributed by atoms with Crippen molar-refractivity contribution in [3.05, 3.63) is 75.0 Å². The summed E-state index contributed by atoms with van der Waals surface area (Å²) in [5, 5.41) is 4.02. The summed E-state index contributed by atoms with van der Waals surface area (Å²) < 4.78 is 6.36. The van der Waals surface area contributed by atoms with Crippen LogP contribution in [-0.4, -0.2) is 48.9 Å². The average Bonchev–Trinajstić information content (AvgIpc) is 3.42. The van der Waals surface area contributed by atoms with Crippen LogP contribution >= 0.6 is 27.3 Å². The van der Waals surface area contributed by atoms with Gasteiger partial charge in [-0.05, 0) is 49.4 Å². The summed E-state index contributed by atoms with van der Waals surface area (Å²) in [6, 6.07) is 14.3. The largest absolute Gasteiger partial charge is 0.459 e. The highest BCUT2D eigenvalue weighted by Crippen LogP contribution is 2.40. The molecule has 0 spiro atoms. The summed E-state index contributed by atoms with van der Waals surface area (Å²) in [7, 11) is 2.17. The minimum atomic E-state index is -0.210. The number of halogens is 1. The fraction of sp³-hybridized carbons (Fsp3) is 0.348. The van der Waals surface area contributed by atoms with Crippen molar-refractivity contribution in [3.8, 4) is 0 Å². The minimum absolute atomic E-state index is 0.0928. The first-order valence-corrected chi connectivity index (χ1v) is 11.8. The second-order valence-corrected chi connectivity index (χ2v) is 9.63. The van der Waals surface area contributed by atoms with Crippen molar-refractivity contribution in [2.24, 2.45) is 0 Å². The van der Waals surface area contributed by atoms with Gasteiger partial charge in [0.1, 0.15) is 5.00 Å². The van der Waals surface area contributed by atoms with Crippen molar-refractivity contribution in [2.45, 2.75) is 19.4 Å². The van der Waals surface area contributed by atoms with Crippen LogP contribution in [0.15, 0.2) is 57.6 Å². The smallest absolute Gasteiger partial charge is 0.291 e. The van der Waals surface area contributed by atoms with Crippen LogP contribution in [0.4, 0.5) is 5.00 Å². The Labute approximate surface area is 189 Å². The Bertz CT molecular complexity index is 977. The van der Waals surface area contributed by atoms with Crippen molar-refractivity contribution in [3.63, 3.8) is 0 Å². The third-order valence-electron chi connectivity index (χ3n) is 5.52. The maximum Gasteiger partial charge on any atom is 0.291 e. The number of carbonyl (C=O) groups excluding carboxylic acids is 1. The Kier molecular flexibility index (Phi) is 6.73. The lowest BCUT2D eigenvalue weighted by Crippen LogP contribution is -2.46. The standard InChI is InChI=1S/C23H26BrN3O2S/c1-3-18-15-19(23(30-18)25-22(28)20-5-4-14-29-20)21(16-6-8-17(24)9-7-16)27-12-10-26(2)11-13-27/h4-9,14-15,21H,3,10-13H2,1-2H3,(H,25,28)/t21-/m0/s1. The van der Waals surface area contributed by atoms with E-state index in [2.05, 4.69) is 75.3 Å². The Hall–Kier alpha value is -1.93. The van der Waals surface area contributed by atoms with Crippen molar-refractivity contribution in [1.82, 2.24) is 9.80 Å².